The molecule has 2 aromatic carbocycles. The summed E-state index contributed by atoms with van der Waals surface area (Å²) in [5.41, 5.74) is 1.86. The Bertz CT molecular complexity index is 931. The molecule has 2 aromatic heterocycles. The van der Waals surface area contributed by atoms with E-state index in [9.17, 15) is 0 Å². The number of hydrogen-bond acceptors (Lipinski definition) is 5. The lowest BCUT2D eigenvalue weighted by atomic mass is 10.1. The fourth-order valence-corrected chi connectivity index (χ4v) is 2.58. The summed E-state index contributed by atoms with van der Waals surface area (Å²) in [6.07, 6.45) is 0. The molecule has 2 heterocycles. The van der Waals surface area contributed by atoms with Gasteiger partial charge in [-0.2, -0.15) is 0 Å². The number of rotatable bonds is 3. The molecule has 22 heavy (non-hydrogen) atoms. The fraction of sp³-hybridized carbons (Fsp3) is 0.125. The van der Waals surface area contributed by atoms with Crippen molar-refractivity contribution in [1.29, 1.82) is 0 Å². The number of anilines is 1. The van der Waals surface area contributed by atoms with Crippen LogP contribution >= 0.6 is 0 Å². The minimum absolute atomic E-state index is 0.131. The van der Waals surface area contributed by atoms with Gasteiger partial charge in [-0.25, -0.2) is 0 Å². The Balaban J connectivity index is 1.83. The van der Waals surface area contributed by atoms with E-state index in [4.69, 9.17) is 0 Å². The third kappa shape index (κ3) is 2.05. The molecule has 0 bridgehead atoms. The van der Waals surface area contributed by atoms with Gasteiger partial charge in [-0.15, -0.1) is 14.8 Å². The maximum Gasteiger partial charge on any atom is 0.207 e. The van der Waals surface area contributed by atoms with Gasteiger partial charge in [0.25, 0.3) is 0 Å². The van der Waals surface area contributed by atoms with Gasteiger partial charge < -0.3 is 5.32 Å². The van der Waals surface area contributed by atoms with E-state index in [-0.39, 0.29) is 6.04 Å². The topological polar surface area (TPSA) is 68.0 Å². The van der Waals surface area contributed by atoms with Gasteiger partial charge >= 0.3 is 0 Å². The maximum atomic E-state index is 4.50. The minimum atomic E-state index is 0.131. The first-order valence-corrected chi connectivity index (χ1v) is 7.11. The Morgan fingerprint density at radius 1 is 0.955 bits per heavy atom. The summed E-state index contributed by atoms with van der Waals surface area (Å²) >= 11 is 0. The highest BCUT2D eigenvalue weighted by Gasteiger charge is 2.13. The van der Waals surface area contributed by atoms with Gasteiger partial charge in [0, 0.05) is 10.8 Å². The fourth-order valence-electron chi connectivity index (χ4n) is 2.58. The van der Waals surface area contributed by atoms with Crippen LogP contribution in [-0.4, -0.2) is 25.3 Å². The standard InChI is InChI=1S/C16H14N6/c1-11(12-7-3-2-4-8-12)17-15-13-9-5-6-10-14(13)16-18-20-21-22(16)19-15/h2-11H,1H3,(H,17,19). The van der Waals surface area contributed by atoms with E-state index in [1.807, 2.05) is 42.5 Å². The second-order valence-corrected chi connectivity index (χ2v) is 5.16. The SMILES string of the molecule is CC(Nc1nn2nnnc2c2ccccc12)c1ccccc1. The molecule has 0 saturated heterocycles. The highest BCUT2D eigenvalue weighted by atomic mass is 15.6. The summed E-state index contributed by atoms with van der Waals surface area (Å²) < 4.78 is 1.46. The highest BCUT2D eigenvalue weighted by Crippen LogP contribution is 2.26. The van der Waals surface area contributed by atoms with E-state index < -0.39 is 0 Å². The molecule has 1 N–H and O–H groups in total. The molecule has 0 fully saturated rings. The summed E-state index contributed by atoms with van der Waals surface area (Å²) in [4.78, 5) is 0. The van der Waals surface area contributed by atoms with Crippen LogP contribution < -0.4 is 5.32 Å². The minimum Gasteiger partial charge on any atom is -0.362 e. The van der Waals surface area contributed by atoms with Gasteiger partial charge in [-0.3, -0.25) is 0 Å². The molecule has 4 aromatic rings. The monoisotopic (exact) mass is 290 g/mol. The first-order chi connectivity index (χ1) is 10.8. The van der Waals surface area contributed by atoms with Crippen LogP contribution in [0.25, 0.3) is 16.4 Å². The molecule has 0 aliphatic carbocycles. The van der Waals surface area contributed by atoms with Crippen molar-refractivity contribution in [2.45, 2.75) is 13.0 Å². The molecule has 0 amide bonds. The zero-order valence-corrected chi connectivity index (χ0v) is 12.0. The number of aromatic nitrogens is 5. The zero-order chi connectivity index (χ0) is 14.9. The van der Waals surface area contributed by atoms with Crippen molar-refractivity contribution >= 4 is 22.2 Å². The summed E-state index contributed by atoms with van der Waals surface area (Å²) in [5, 5.41) is 21.6. The van der Waals surface area contributed by atoms with E-state index in [1.165, 1.54) is 10.2 Å². The number of hydrogen-bond donors (Lipinski definition) is 1. The summed E-state index contributed by atoms with van der Waals surface area (Å²) in [7, 11) is 0. The van der Waals surface area contributed by atoms with E-state index in [2.05, 4.69) is 45.0 Å². The predicted molar refractivity (Wildman–Crippen MR) is 84.6 cm³/mol. The largest absolute Gasteiger partial charge is 0.362 e. The van der Waals surface area contributed by atoms with Crippen LogP contribution in [0, 0.1) is 0 Å². The second-order valence-electron chi connectivity index (χ2n) is 5.16. The average molecular weight is 290 g/mol. The van der Waals surface area contributed by atoms with Crippen LogP contribution in [0.1, 0.15) is 18.5 Å². The van der Waals surface area contributed by atoms with Gasteiger partial charge in [-0.05, 0) is 22.9 Å². The first kappa shape index (κ1) is 12.7. The van der Waals surface area contributed by atoms with Crippen molar-refractivity contribution in [3.63, 3.8) is 0 Å². The van der Waals surface area contributed by atoms with Crippen LogP contribution in [-0.2, 0) is 0 Å². The Labute approximate surface area is 126 Å². The lowest BCUT2D eigenvalue weighted by molar-refractivity contribution is 0.731. The molecule has 0 aliphatic heterocycles. The summed E-state index contributed by atoms with van der Waals surface area (Å²) in [5.74, 6) is 0.770. The molecule has 0 radical (unpaired) electrons. The molecule has 0 saturated carbocycles. The van der Waals surface area contributed by atoms with Gasteiger partial charge in [-0.1, -0.05) is 54.6 Å². The van der Waals surface area contributed by atoms with Gasteiger partial charge in [0.1, 0.15) is 0 Å². The zero-order valence-electron chi connectivity index (χ0n) is 12.0. The van der Waals surface area contributed by atoms with Crippen LogP contribution in [0.15, 0.2) is 54.6 Å². The molecule has 0 spiro atoms. The highest BCUT2D eigenvalue weighted by molar-refractivity contribution is 5.99. The van der Waals surface area contributed by atoms with E-state index in [1.54, 1.807) is 0 Å². The number of nitrogens with one attached hydrogen (secondary N) is 1. The van der Waals surface area contributed by atoms with Crippen molar-refractivity contribution in [2.75, 3.05) is 5.32 Å². The molecular formula is C16H14N6. The molecule has 1 atom stereocenters. The quantitative estimate of drug-likeness (QED) is 0.628. The van der Waals surface area contributed by atoms with Crippen LogP contribution in [0.4, 0.5) is 5.82 Å². The molecule has 6 heteroatoms. The second kappa shape index (κ2) is 5.07. The average Bonchev–Trinajstić information content (AvgIpc) is 3.04. The lowest BCUT2D eigenvalue weighted by Gasteiger charge is -2.16. The van der Waals surface area contributed by atoms with E-state index in [0.29, 0.717) is 5.65 Å². The number of tetrazole rings is 1. The Morgan fingerprint density at radius 2 is 1.68 bits per heavy atom. The molecule has 108 valence electrons. The van der Waals surface area contributed by atoms with Crippen molar-refractivity contribution in [2.24, 2.45) is 0 Å². The first-order valence-electron chi connectivity index (χ1n) is 7.11. The molecule has 6 nitrogen and oxygen atoms in total. The van der Waals surface area contributed by atoms with Crippen LogP contribution in [0.5, 0.6) is 0 Å². The number of nitrogens with zero attached hydrogens (tertiary/aromatic N) is 5. The van der Waals surface area contributed by atoms with Crippen LogP contribution in [0.3, 0.4) is 0 Å². The van der Waals surface area contributed by atoms with E-state index >= 15 is 0 Å². The van der Waals surface area contributed by atoms with Crippen molar-refractivity contribution in [1.82, 2.24) is 25.3 Å². The van der Waals surface area contributed by atoms with Crippen LogP contribution in [0.2, 0.25) is 0 Å². The molecule has 0 aliphatic rings. The van der Waals surface area contributed by atoms with Gasteiger partial charge in [0.2, 0.25) is 5.65 Å². The maximum absolute atomic E-state index is 4.50. The van der Waals surface area contributed by atoms with Crippen molar-refractivity contribution in [3.05, 3.63) is 60.2 Å². The van der Waals surface area contributed by atoms with E-state index in [0.717, 1.165) is 16.6 Å². The Morgan fingerprint density at radius 3 is 2.50 bits per heavy atom. The number of fused-ring (bicyclic) bond motifs is 3. The Hall–Kier alpha value is -3.02. The smallest absolute Gasteiger partial charge is 0.207 e. The summed E-state index contributed by atoms with van der Waals surface area (Å²) in [6, 6.07) is 18.4. The molecule has 1 unspecified atom stereocenters. The third-order valence-electron chi connectivity index (χ3n) is 3.72. The predicted octanol–water partition coefficient (Wildman–Crippen LogP) is 2.85. The van der Waals surface area contributed by atoms with Gasteiger partial charge in [0.15, 0.2) is 5.82 Å². The lowest BCUT2D eigenvalue weighted by Crippen LogP contribution is -2.10. The number of benzene rings is 2. The molecule has 4 rings (SSSR count). The summed E-state index contributed by atoms with van der Waals surface area (Å²) in [6.45, 7) is 2.11. The van der Waals surface area contributed by atoms with Gasteiger partial charge in [0.05, 0.1) is 6.04 Å². The van der Waals surface area contributed by atoms with Crippen molar-refractivity contribution in [3.8, 4) is 0 Å². The van der Waals surface area contributed by atoms with Crippen molar-refractivity contribution < 1.29 is 0 Å². The third-order valence-corrected chi connectivity index (χ3v) is 3.72. The molecular weight excluding hydrogens is 276 g/mol. The Kier molecular flexibility index (Phi) is 2.93. The normalized spacial score (nSPS) is 12.6.